The third kappa shape index (κ3) is 3.32. The van der Waals surface area contributed by atoms with E-state index in [1.54, 1.807) is 37.3 Å². The molecule has 3 aromatic rings. The number of nitrogens with one attached hydrogen (secondary N) is 2. The molecule has 1 aromatic heterocycles. The first-order valence-corrected chi connectivity index (χ1v) is 7.62. The molecule has 0 unspecified atom stereocenters. The Labute approximate surface area is 137 Å². The van der Waals surface area contributed by atoms with Crippen LogP contribution in [-0.2, 0) is 11.2 Å². The van der Waals surface area contributed by atoms with E-state index in [1.165, 1.54) is 12.1 Å². The summed E-state index contributed by atoms with van der Waals surface area (Å²) < 4.78 is 13.3. The lowest BCUT2D eigenvalue weighted by Crippen LogP contribution is -2.13. The molecule has 2 N–H and O–H groups in total. The zero-order valence-corrected chi connectivity index (χ0v) is 13.1. The van der Waals surface area contributed by atoms with Gasteiger partial charge in [-0.2, -0.15) is 5.10 Å². The first-order valence-electron chi connectivity index (χ1n) is 7.62. The molecule has 2 aromatic carbocycles. The number of anilines is 1. The number of rotatable bonds is 4. The van der Waals surface area contributed by atoms with Gasteiger partial charge in [-0.1, -0.05) is 25.1 Å². The predicted octanol–water partition coefficient (Wildman–Crippen LogP) is 3.00. The molecule has 0 aliphatic carbocycles. The number of aromatic nitrogens is 2. The minimum absolute atomic E-state index is 0.125. The van der Waals surface area contributed by atoms with Crippen LogP contribution in [0.1, 0.15) is 24.6 Å². The highest BCUT2D eigenvalue weighted by molar-refractivity contribution is 5.94. The summed E-state index contributed by atoms with van der Waals surface area (Å²) in [5, 5.41) is 10.4. The molecule has 6 heteroatoms. The summed E-state index contributed by atoms with van der Waals surface area (Å²) >= 11 is 0. The Morgan fingerprint density at radius 3 is 2.79 bits per heavy atom. The molecule has 1 amide bonds. The number of hydrogen-bond donors (Lipinski definition) is 2. The van der Waals surface area contributed by atoms with E-state index in [9.17, 15) is 14.0 Å². The van der Waals surface area contributed by atoms with Gasteiger partial charge in [0.15, 0.2) is 0 Å². The number of fused-ring (bicyclic) bond motifs is 1. The summed E-state index contributed by atoms with van der Waals surface area (Å²) in [4.78, 5) is 23.6. The number of carbonyl (C=O) groups excluding carboxylic acids is 1. The highest BCUT2D eigenvalue weighted by Gasteiger charge is 2.09. The van der Waals surface area contributed by atoms with Crippen LogP contribution in [0.4, 0.5) is 10.1 Å². The van der Waals surface area contributed by atoms with Gasteiger partial charge in [0.25, 0.3) is 5.56 Å². The van der Waals surface area contributed by atoms with E-state index < -0.39 is 0 Å². The van der Waals surface area contributed by atoms with Crippen molar-refractivity contribution < 1.29 is 9.18 Å². The fourth-order valence-corrected chi connectivity index (χ4v) is 2.52. The number of benzene rings is 2. The molecule has 0 aliphatic heterocycles. The lowest BCUT2D eigenvalue weighted by Gasteiger charge is -2.08. The second-order valence-electron chi connectivity index (χ2n) is 5.47. The monoisotopic (exact) mass is 325 g/mol. The molecule has 0 saturated heterocycles. The predicted molar refractivity (Wildman–Crippen MR) is 90.5 cm³/mol. The molecule has 122 valence electrons. The zero-order chi connectivity index (χ0) is 17.1. The second-order valence-corrected chi connectivity index (χ2v) is 5.47. The van der Waals surface area contributed by atoms with Gasteiger partial charge >= 0.3 is 0 Å². The van der Waals surface area contributed by atoms with Gasteiger partial charge in [-0.05, 0) is 29.8 Å². The lowest BCUT2D eigenvalue weighted by atomic mass is 10.0. The fraction of sp³-hybridized carbons (Fsp3) is 0.167. The Hall–Kier alpha value is -3.02. The van der Waals surface area contributed by atoms with E-state index in [0.717, 1.165) is 5.56 Å². The highest BCUT2D eigenvalue weighted by atomic mass is 19.1. The maximum absolute atomic E-state index is 13.3. The van der Waals surface area contributed by atoms with E-state index >= 15 is 0 Å². The molecule has 0 atom stereocenters. The highest BCUT2D eigenvalue weighted by Crippen LogP contribution is 2.20. The van der Waals surface area contributed by atoms with Crippen molar-refractivity contribution in [3.05, 3.63) is 69.9 Å². The van der Waals surface area contributed by atoms with Crippen LogP contribution in [0, 0.1) is 5.82 Å². The van der Waals surface area contributed by atoms with Crippen molar-refractivity contribution in [3.63, 3.8) is 0 Å². The Kier molecular flexibility index (Phi) is 4.37. The van der Waals surface area contributed by atoms with E-state index in [0.29, 0.717) is 35.0 Å². The van der Waals surface area contributed by atoms with E-state index in [2.05, 4.69) is 15.5 Å². The lowest BCUT2D eigenvalue weighted by molar-refractivity contribution is -0.115. The fourth-order valence-electron chi connectivity index (χ4n) is 2.52. The maximum Gasteiger partial charge on any atom is 0.272 e. The number of amides is 1. The molecule has 3 rings (SSSR count). The van der Waals surface area contributed by atoms with E-state index in [-0.39, 0.29) is 17.3 Å². The number of nitrogens with zero attached hydrogens (tertiary/aromatic N) is 1. The van der Waals surface area contributed by atoms with Gasteiger partial charge in [-0.3, -0.25) is 9.59 Å². The number of halogens is 1. The summed E-state index contributed by atoms with van der Waals surface area (Å²) in [5.41, 5.74) is 1.63. The molecule has 0 saturated carbocycles. The second kappa shape index (κ2) is 6.62. The average molecular weight is 325 g/mol. The maximum atomic E-state index is 13.3. The van der Waals surface area contributed by atoms with Gasteiger partial charge in [0.05, 0.1) is 11.1 Å². The molecule has 0 spiro atoms. The Morgan fingerprint density at radius 1 is 1.21 bits per heavy atom. The van der Waals surface area contributed by atoms with Crippen LogP contribution in [0.15, 0.2) is 47.3 Å². The van der Waals surface area contributed by atoms with Crippen LogP contribution in [0.25, 0.3) is 10.8 Å². The third-order valence-electron chi connectivity index (χ3n) is 3.73. The number of aromatic amines is 1. The van der Waals surface area contributed by atoms with Crippen molar-refractivity contribution in [1.29, 1.82) is 0 Å². The van der Waals surface area contributed by atoms with Gasteiger partial charge < -0.3 is 5.32 Å². The minimum Gasteiger partial charge on any atom is -0.326 e. The van der Waals surface area contributed by atoms with Crippen molar-refractivity contribution in [3.8, 4) is 0 Å². The Bertz CT molecular complexity index is 966. The molecular formula is C18H16FN3O2. The molecular weight excluding hydrogens is 309 g/mol. The summed E-state index contributed by atoms with van der Waals surface area (Å²) in [6, 6.07) is 11.4. The zero-order valence-electron chi connectivity index (χ0n) is 13.1. The SMILES string of the molecule is CCC(=O)Nc1ccc2c(Cc3cccc(F)c3)n[nH]c(=O)c2c1. The summed E-state index contributed by atoms with van der Waals surface area (Å²) in [6.07, 6.45) is 0.751. The van der Waals surface area contributed by atoms with Crippen LogP contribution in [-0.4, -0.2) is 16.1 Å². The van der Waals surface area contributed by atoms with Crippen molar-refractivity contribution in [2.24, 2.45) is 0 Å². The van der Waals surface area contributed by atoms with Gasteiger partial charge in [0.1, 0.15) is 5.82 Å². The van der Waals surface area contributed by atoms with Crippen molar-refractivity contribution in [1.82, 2.24) is 10.2 Å². The van der Waals surface area contributed by atoms with Crippen LogP contribution in [0.2, 0.25) is 0 Å². The number of carbonyl (C=O) groups is 1. The first-order chi connectivity index (χ1) is 11.6. The molecule has 0 bridgehead atoms. The minimum atomic E-state index is -0.333. The van der Waals surface area contributed by atoms with Crippen molar-refractivity contribution in [2.45, 2.75) is 19.8 Å². The van der Waals surface area contributed by atoms with Gasteiger partial charge in [-0.15, -0.1) is 0 Å². The Morgan fingerprint density at radius 2 is 2.04 bits per heavy atom. The normalized spacial score (nSPS) is 10.8. The van der Waals surface area contributed by atoms with Crippen LogP contribution < -0.4 is 10.9 Å². The van der Waals surface area contributed by atoms with Crippen LogP contribution in [0.3, 0.4) is 0 Å². The Balaban J connectivity index is 2.02. The summed E-state index contributed by atoms with van der Waals surface area (Å²) in [5.74, 6) is -0.439. The molecule has 0 aliphatic rings. The molecule has 0 radical (unpaired) electrons. The molecule has 24 heavy (non-hydrogen) atoms. The molecule has 5 nitrogen and oxygen atoms in total. The number of H-pyrrole nitrogens is 1. The van der Waals surface area contributed by atoms with E-state index in [1.807, 2.05) is 0 Å². The van der Waals surface area contributed by atoms with Crippen LogP contribution in [0.5, 0.6) is 0 Å². The van der Waals surface area contributed by atoms with Gasteiger partial charge in [0.2, 0.25) is 5.91 Å². The molecule has 0 fully saturated rings. The third-order valence-corrected chi connectivity index (χ3v) is 3.73. The topological polar surface area (TPSA) is 74.8 Å². The molecule has 1 heterocycles. The summed E-state index contributed by atoms with van der Waals surface area (Å²) in [6.45, 7) is 1.75. The van der Waals surface area contributed by atoms with Gasteiger partial charge in [-0.25, -0.2) is 9.49 Å². The first kappa shape index (κ1) is 15.9. The van der Waals surface area contributed by atoms with Crippen molar-refractivity contribution in [2.75, 3.05) is 5.32 Å². The smallest absolute Gasteiger partial charge is 0.272 e. The standard InChI is InChI=1S/C18H16FN3O2/c1-2-17(23)20-13-6-7-14-15(10-13)18(24)22-21-16(14)9-11-4-3-5-12(19)8-11/h3-8,10H,2,9H2,1H3,(H,20,23)(H,22,24). The average Bonchev–Trinajstić information content (AvgIpc) is 2.57. The summed E-state index contributed by atoms with van der Waals surface area (Å²) in [7, 11) is 0. The largest absolute Gasteiger partial charge is 0.326 e. The van der Waals surface area contributed by atoms with Crippen molar-refractivity contribution >= 4 is 22.4 Å². The number of hydrogen-bond acceptors (Lipinski definition) is 3. The van der Waals surface area contributed by atoms with E-state index in [4.69, 9.17) is 0 Å². The van der Waals surface area contributed by atoms with Crippen LogP contribution >= 0.6 is 0 Å². The van der Waals surface area contributed by atoms with Gasteiger partial charge in [0, 0.05) is 23.9 Å². The quantitative estimate of drug-likeness (QED) is 0.774.